The summed E-state index contributed by atoms with van der Waals surface area (Å²) in [6, 6.07) is 6.12. The van der Waals surface area contributed by atoms with Gasteiger partial charge in [-0.3, -0.25) is 9.48 Å². The van der Waals surface area contributed by atoms with E-state index in [1.807, 2.05) is 0 Å². The highest BCUT2D eigenvalue weighted by Crippen LogP contribution is 2.37. The Morgan fingerprint density at radius 3 is 2.47 bits per heavy atom. The summed E-state index contributed by atoms with van der Waals surface area (Å²) >= 11 is 0. The number of nitrogens with one attached hydrogen (secondary N) is 1. The van der Waals surface area contributed by atoms with Gasteiger partial charge in [0.1, 0.15) is 11.6 Å². The fourth-order valence-electron chi connectivity index (χ4n) is 3.33. The lowest BCUT2D eigenvalue weighted by atomic mass is 10.0. The number of amides is 1. The molecule has 0 spiro atoms. The maximum Gasteiger partial charge on any atom is 0.416 e. The molecule has 2 heterocycles. The number of carbonyl (C=O) groups is 1. The first-order valence-corrected chi connectivity index (χ1v) is 10.2. The molecule has 36 heavy (non-hydrogen) atoms. The molecule has 6 nitrogen and oxygen atoms in total. The van der Waals surface area contributed by atoms with Crippen LogP contribution in [-0.2, 0) is 18.6 Å². The summed E-state index contributed by atoms with van der Waals surface area (Å²) in [7, 11) is 0. The molecule has 0 bridgehead atoms. The van der Waals surface area contributed by atoms with Gasteiger partial charge in [-0.1, -0.05) is 17.3 Å². The first-order chi connectivity index (χ1) is 16.8. The van der Waals surface area contributed by atoms with Crippen molar-refractivity contribution in [2.24, 2.45) is 0 Å². The Hall–Kier alpha value is -4.16. The standard InChI is InChI=1S/C23H15F7N4O2/c1-22(26,27)13-3-2-12(17(6-13)23(28,29)30)10-34-11-15(9-31-34)32-21(35)19-8-20(36-33-19)16-5-4-14(24)7-18(16)25/h2-9,11H,10H2,1H3,(H,32,35). The fourth-order valence-corrected chi connectivity index (χ4v) is 3.33. The van der Waals surface area contributed by atoms with Crippen molar-refractivity contribution in [2.45, 2.75) is 25.6 Å². The second-order valence-electron chi connectivity index (χ2n) is 7.84. The Labute approximate surface area is 198 Å². The van der Waals surface area contributed by atoms with Gasteiger partial charge in [0, 0.05) is 30.8 Å². The second kappa shape index (κ2) is 9.13. The number of anilines is 1. The van der Waals surface area contributed by atoms with Gasteiger partial charge in [-0.05, 0) is 23.8 Å². The highest BCUT2D eigenvalue weighted by atomic mass is 19.4. The molecular formula is C23H15F7N4O2. The number of hydrogen-bond donors (Lipinski definition) is 1. The quantitative estimate of drug-likeness (QED) is 0.310. The number of carbonyl (C=O) groups excluding carboxylic acids is 1. The monoisotopic (exact) mass is 512 g/mol. The van der Waals surface area contributed by atoms with Gasteiger partial charge in [0.05, 0.1) is 29.6 Å². The van der Waals surface area contributed by atoms with E-state index in [2.05, 4.69) is 15.6 Å². The van der Waals surface area contributed by atoms with Gasteiger partial charge in [-0.15, -0.1) is 0 Å². The van der Waals surface area contributed by atoms with Gasteiger partial charge in [0.2, 0.25) is 0 Å². The lowest BCUT2D eigenvalue weighted by Gasteiger charge is -2.17. The Bertz CT molecular complexity index is 1420. The summed E-state index contributed by atoms with van der Waals surface area (Å²) in [5, 5.41) is 9.82. The Morgan fingerprint density at radius 1 is 1.06 bits per heavy atom. The molecule has 2 aromatic carbocycles. The molecule has 188 valence electrons. The zero-order valence-electron chi connectivity index (χ0n) is 18.2. The average Bonchev–Trinajstić information content (AvgIpc) is 3.42. The van der Waals surface area contributed by atoms with Crippen LogP contribution in [0.15, 0.2) is 59.4 Å². The minimum absolute atomic E-state index is 0.0859. The molecule has 0 radical (unpaired) electrons. The van der Waals surface area contributed by atoms with E-state index in [0.717, 1.165) is 41.2 Å². The van der Waals surface area contributed by atoms with Crippen molar-refractivity contribution in [1.82, 2.24) is 14.9 Å². The molecule has 1 N–H and O–H groups in total. The molecular weight excluding hydrogens is 497 g/mol. The van der Waals surface area contributed by atoms with Gasteiger partial charge in [0.25, 0.3) is 11.8 Å². The maximum atomic E-state index is 13.9. The smallest absolute Gasteiger partial charge is 0.355 e. The minimum Gasteiger partial charge on any atom is -0.355 e. The van der Waals surface area contributed by atoms with E-state index in [1.54, 1.807) is 0 Å². The molecule has 0 aliphatic heterocycles. The molecule has 2 aromatic heterocycles. The summed E-state index contributed by atoms with van der Waals surface area (Å²) in [5.74, 6) is -6.10. The molecule has 13 heteroatoms. The van der Waals surface area contributed by atoms with E-state index in [-0.39, 0.29) is 28.3 Å². The van der Waals surface area contributed by atoms with Crippen LogP contribution in [0.1, 0.15) is 34.1 Å². The van der Waals surface area contributed by atoms with E-state index >= 15 is 0 Å². The Kier molecular flexibility index (Phi) is 6.33. The molecule has 4 aromatic rings. The summed E-state index contributed by atoms with van der Waals surface area (Å²) < 4.78 is 100. The summed E-state index contributed by atoms with van der Waals surface area (Å²) in [5.41, 5.74) is -2.60. The third-order valence-corrected chi connectivity index (χ3v) is 5.08. The van der Waals surface area contributed by atoms with Crippen molar-refractivity contribution in [2.75, 3.05) is 5.32 Å². The number of alkyl halides is 5. The van der Waals surface area contributed by atoms with E-state index < -0.39 is 47.3 Å². The summed E-state index contributed by atoms with van der Waals surface area (Å²) in [4.78, 5) is 12.4. The van der Waals surface area contributed by atoms with Crippen LogP contribution < -0.4 is 5.32 Å². The van der Waals surface area contributed by atoms with E-state index in [0.29, 0.717) is 19.1 Å². The van der Waals surface area contributed by atoms with Crippen molar-refractivity contribution >= 4 is 11.6 Å². The topological polar surface area (TPSA) is 73.0 Å². The van der Waals surface area contributed by atoms with Crippen LogP contribution in [0.3, 0.4) is 0 Å². The zero-order valence-corrected chi connectivity index (χ0v) is 18.2. The Balaban J connectivity index is 1.50. The van der Waals surface area contributed by atoms with Crippen LogP contribution in [0.25, 0.3) is 11.3 Å². The SMILES string of the molecule is CC(F)(F)c1ccc(Cn2cc(NC(=O)c3cc(-c4ccc(F)cc4F)on3)cn2)c(C(F)(F)F)c1. The molecule has 0 unspecified atom stereocenters. The number of benzene rings is 2. The van der Waals surface area contributed by atoms with Crippen molar-refractivity contribution < 1.29 is 40.1 Å². The van der Waals surface area contributed by atoms with Crippen LogP contribution in [0.2, 0.25) is 0 Å². The molecule has 0 saturated carbocycles. The molecule has 1 amide bonds. The van der Waals surface area contributed by atoms with Crippen LogP contribution in [0, 0.1) is 11.6 Å². The van der Waals surface area contributed by atoms with Crippen LogP contribution in [-0.4, -0.2) is 20.8 Å². The number of halogens is 7. The van der Waals surface area contributed by atoms with Crippen LogP contribution in [0.5, 0.6) is 0 Å². The first kappa shape index (κ1) is 24.9. The van der Waals surface area contributed by atoms with Crippen LogP contribution in [0.4, 0.5) is 36.4 Å². The maximum absolute atomic E-state index is 13.9. The molecule has 4 rings (SSSR count). The van der Waals surface area contributed by atoms with Crippen molar-refractivity contribution in [3.05, 3.63) is 88.9 Å². The fraction of sp³-hybridized carbons (Fsp3) is 0.174. The lowest BCUT2D eigenvalue weighted by Crippen LogP contribution is -2.15. The van der Waals surface area contributed by atoms with Crippen molar-refractivity contribution in [1.29, 1.82) is 0 Å². The number of nitrogens with zero attached hydrogens (tertiary/aromatic N) is 3. The van der Waals surface area contributed by atoms with Crippen molar-refractivity contribution in [3.8, 4) is 11.3 Å². The van der Waals surface area contributed by atoms with E-state index in [9.17, 15) is 35.5 Å². The molecule has 0 atom stereocenters. The number of rotatable bonds is 6. The normalized spacial score (nSPS) is 12.1. The number of aromatic nitrogens is 3. The number of hydrogen-bond acceptors (Lipinski definition) is 4. The average molecular weight is 512 g/mol. The van der Waals surface area contributed by atoms with Gasteiger partial charge in [-0.25, -0.2) is 17.6 Å². The molecule has 0 saturated heterocycles. The third-order valence-electron chi connectivity index (χ3n) is 5.08. The van der Waals surface area contributed by atoms with E-state index in [4.69, 9.17) is 4.52 Å². The summed E-state index contributed by atoms with van der Waals surface area (Å²) in [6.45, 7) is 0.0802. The predicted molar refractivity (Wildman–Crippen MR) is 112 cm³/mol. The van der Waals surface area contributed by atoms with Gasteiger partial charge >= 0.3 is 6.18 Å². The third kappa shape index (κ3) is 5.39. The zero-order chi connectivity index (χ0) is 26.3. The van der Waals surface area contributed by atoms with E-state index in [1.165, 1.54) is 6.20 Å². The predicted octanol–water partition coefficient (Wildman–Crippen LogP) is 6.25. The van der Waals surface area contributed by atoms with Gasteiger partial charge in [-0.2, -0.15) is 18.3 Å². The van der Waals surface area contributed by atoms with Crippen molar-refractivity contribution in [3.63, 3.8) is 0 Å². The largest absolute Gasteiger partial charge is 0.416 e. The Morgan fingerprint density at radius 2 is 1.81 bits per heavy atom. The molecule has 0 aliphatic rings. The highest BCUT2D eigenvalue weighted by Gasteiger charge is 2.36. The lowest BCUT2D eigenvalue weighted by molar-refractivity contribution is -0.138. The second-order valence-corrected chi connectivity index (χ2v) is 7.84. The van der Waals surface area contributed by atoms with Gasteiger partial charge in [0.15, 0.2) is 11.5 Å². The highest BCUT2D eigenvalue weighted by molar-refractivity contribution is 6.03. The minimum atomic E-state index is -4.88. The first-order valence-electron chi connectivity index (χ1n) is 10.2. The van der Waals surface area contributed by atoms with Gasteiger partial charge < -0.3 is 9.84 Å². The van der Waals surface area contributed by atoms with Crippen LogP contribution >= 0.6 is 0 Å². The molecule has 0 fully saturated rings. The molecule has 0 aliphatic carbocycles. The summed E-state index contributed by atoms with van der Waals surface area (Å²) in [6.07, 6.45) is -2.50.